The van der Waals surface area contributed by atoms with Gasteiger partial charge >= 0.3 is 0 Å². The van der Waals surface area contributed by atoms with E-state index in [0.717, 1.165) is 19.3 Å². The Labute approximate surface area is 192 Å². The lowest BCUT2D eigenvalue weighted by Crippen LogP contribution is -2.41. The summed E-state index contributed by atoms with van der Waals surface area (Å²) in [4.78, 5) is 62.4. The Morgan fingerprint density at radius 1 is 1.06 bits per heavy atom. The first-order valence-electron chi connectivity index (χ1n) is 11.6. The lowest BCUT2D eigenvalue weighted by Gasteiger charge is -2.35. The molecule has 0 aromatic carbocycles. The van der Waals surface area contributed by atoms with Gasteiger partial charge in [0.15, 0.2) is 0 Å². The zero-order valence-corrected chi connectivity index (χ0v) is 19.2. The van der Waals surface area contributed by atoms with Crippen molar-refractivity contribution in [3.8, 4) is 0 Å². The zero-order chi connectivity index (χ0) is 23.5. The summed E-state index contributed by atoms with van der Waals surface area (Å²) in [5.41, 5.74) is 1.26. The van der Waals surface area contributed by atoms with Gasteiger partial charge in [0.25, 0.3) is 11.5 Å². The monoisotopic (exact) mass is 453 g/mol. The molecule has 0 aliphatic carbocycles. The number of piperidine rings is 1. The number of likely N-dealkylation sites (tertiary alicyclic amines) is 2. The van der Waals surface area contributed by atoms with Crippen LogP contribution in [-0.2, 0) is 11.2 Å². The van der Waals surface area contributed by atoms with Gasteiger partial charge in [-0.3, -0.25) is 19.2 Å². The second-order valence-corrected chi connectivity index (χ2v) is 9.18. The third-order valence-corrected chi connectivity index (χ3v) is 7.02. The molecule has 2 aromatic rings. The summed E-state index contributed by atoms with van der Waals surface area (Å²) in [6, 6.07) is 2.99. The largest absolute Gasteiger partial charge is 0.343 e. The van der Waals surface area contributed by atoms with Gasteiger partial charge in [-0.05, 0) is 57.4 Å². The highest BCUT2D eigenvalue weighted by molar-refractivity contribution is 5.94. The molecule has 0 spiro atoms. The summed E-state index contributed by atoms with van der Waals surface area (Å²) < 4.78 is 0. The van der Waals surface area contributed by atoms with Crippen LogP contribution in [0.3, 0.4) is 0 Å². The Bertz CT molecular complexity index is 1150. The number of pyridine rings is 1. The van der Waals surface area contributed by atoms with E-state index in [1.807, 2.05) is 9.80 Å². The molecule has 4 heterocycles. The number of aryl methyl sites for hydroxylation is 2. The zero-order valence-electron chi connectivity index (χ0n) is 19.2. The Kier molecular flexibility index (Phi) is 6.76. The van der Waals surface area contributed by atoms with Crippen molar-refractivity contribution < 1.29 is 9.59 Å². The highest BCUT2D eigenvalue weighted by Gasteiger charge is 2.34. The van der Waals surface area contributed by atoms with E-state index in [-0.39, 0.29) is 22.9 Å². The van der Waals surface area contributed by atoms with E-state index < -0.39 is 0 Å². The van der Waals surface area contributed by atoms with Crippen molar-refractivity contribution >= 4 is 11.8 Å². The van der Waals surface area contributed by atoms with Crippen LogP contribution < -0.4 is 11.1 Å². The third kappa shape index (κ3) is 5.23. The van der Waals surface area contributed by atoms with Gasteiger partial charge in [0.2, 0.25) is 11.5 Å². The molecule has 1 unspecified atom stereocenters. The standard InChI is InChI=1S/C24H31N5O4/c1-15-20(23(32)27-16(2)26-15)3-4-22(31)28-10-6-17(7-11-28)19-8-12-29(14-19)24(33)18-5-9-25-21(30)13-18/h5,9,13,17,19H,3-4,6-8,10-12,14H2,1-2H3,(H,25,30)(H,26,27,32). The number of rotatable bonds is 5. The van der Waals surface area contributed by atoms with Gasteiger partial charge in [0, 0.05) is 61.7 Å². The Morgan fingerprint density at radius 3 is 2.45 bits per heavy atom. The Hall–Kier alpha value is -3.23. The van der Waals surface area contributed by atoms with E-state index in [1.54, 1.807) is 19.9 Å². The van der Waals surface area contributed by atoms with Crippen LogP contribution in [0.25, 0.3) is 0 Å². The molecule has 2 N–H and O–H groups in total. The summed E-state index contributed by atoms with van der Waals surface area (Å²) in [6.07, 6.45) is 5.01. The van der Waals surface area contributed by atoms with Gasteiger partial charge in [-0.15, -0.1) is 0 Å². The van der Waals surface area contributed by atoms with E-state index in [1.165, 1.54) is 12.3 Å². The molecule has 0 bridgehead atoms. The maximum atomic E-state index is 12.7. The van der Waals surface area contributed by atoms with Gasteiger partial charge in [0.1, 0.15) is 5.82 Å². The Morgan fingerprint density at radius 2 is 1.76 bits per heavy atom. The summed E-state index contributed by atoms with van der Waals surface area (Å²) in [5, 5.41) is 0. The van der Waals surface area contributed by atoms with E-state index in [4.69, 9.17) is 0 Å². The SMILES string of the molecule is Cc1nc(C)c(CCC(=O)N2CCC(C3CCN(C(=O)c4cc[nH]c(=O)c4)C3)CC2)c(=O)[nH]1. The molecule has 0 radical (unpaired) electrons. The molecule has 2 fully saturated rings. The minimum absolute atomic E-state index is 0.0744. The number of H-pyrrole nitrogens is 2. The molecule has 2 saturated heterocycles. The number of carbonyl (C=O) groups excluding carboxylic acids is 2. The number of carbonyl (C=O) groups is 2. The first-order chi connectivity index (χ1) is 15.8. The van der Waals surface area contributed by atoms with Crippen LogP contribution in [0.15, 0.2) is 27.9 Å². The van der Waals surface area contributed by atoms with Crippen molar-refractivity contribution in [2.24, 2.45) is 11.8 Å². The van der Waals surface area contributed by atoms with Crippen LogP contribution >= 0.6 is 0 Å². The molecule has 0 saturated carbocycles. The number of nitrogens with zero attached hydrogens (tertiary/aromatic N) is 3. The van der Waals surface area contributed by atoms with E-state index in [0.29, 0.717) is 73.5 Å². The molecule has 2 aliphatic heterocycles. The topological polar surface area (TPSA) is 119 Å². The molecule has 2 amide bonds. The van der Waals surface area contributed by atoms with Gasteiger partial charge in [0.05, 0.1) is 0 Å². The van der Waals surface area contributed by atoms with Crippen molar-refractivity contribution in [2.75, 3.05) is 26.2 Å². The lowest BCUT2D eigenvalue weighted by molar-refractivity contribution is -0.132. The van der Waals surface area contributed by atoms with Gasteiger partial charge in [-0.25, -0.2) is 4.98 Å². The lowest BCUT2D eigenvalue weighted by atomic mass is 9.83. The predicted molar refractivity (Wildman–Crippen MR) is 123 cm³/mol. The van der Waals surface area contributed by atoms with Crippen molar-refractivity contribution in [3.05, 3.63) is 61.7 Å². The molecule has 2 aliphatic rings. The number of aromatic amines is 2. The highest BCUT2D eigenvalue weighted by atomic mass is 16.2. The Balaban J connectivity index is 1.26. The van der Waals surface area contributed by atoms with E-state index >= 15 is 0 Å². The van der Waals surface area contributed by atoms with Gasteiger partial charge < -0.3 is 19.8 Å². The summed E-state index contributed by atoms with van der Waals surface area (Å²) in [5.74, 6) is 1.47. The van der Waals surface area contributed by atoms with Crippen LogP contribution in [-0.4, -0.2) is 62.7 Å². The van der Waals surface area contributed by atoms with Crippen LogP contribution in [0.1, 0.15) is 53.1 Å². The fourth-order valence-electron chi connectivity index (χ4n) is 5.17. The fourth-order valence-corrected chi connectivity index (χ4v) is 5.17. The third-order valence-electron chi connectivity index (χ3n) is 7.02. The number of aromatic nitrogens is 3. The van der Waals surface area contributed by atoms with Gasteiger partial charge in [-0.2, -0.15) is 0 Å². The predicted octanol–water partition coefficient (Wildman–Crippen LogP) is 1.41. The van der Waals surface area contributed by atoms with E-state index in [2.05, 4.69) is 15.0 Å². The molecular formula is C24H31N5O4. The molecular weight excluding hydrogens is 422 g/mol. The molecule has 1 atom stereocenters. The fraction of sp³-hybridized carbons (Fsp3) is 0.542. The molecule has 2 aromatic heterocycles. The highest BCUT2D eigenvalue weighted by Crippen LogP contribution is 2.32. The average molecular weight is 454 g/mol. The molecule has 9 nitrogen and oxygen atoms in total. The first-order valence-corrected chi connectivity index (χ1v) is 11.6. The maximum Gasteiger partial charge on any atom is 0.254 e. The molecule has 4 rings (SSSR count). The van der Waals surface area contributed by atoms with Crippen LogP contribution in [0.4, 0.5) is 0 Å². The summed E-state index contributed by atoms with van der Waals surface area (Å²) in [6.45, 7) is 6.38. The minimum Gasteiger partial charge on any atom is -0.343 e. The van der Waals surface area contributed by atoms with E-state index in [9.17, 15) is 19.2 Å². The second kappa shape index (κ2) is 9.72. The maximum absolute atomic E-state index is 12.7. The molecule has 176 valence electrons. The van der Waals surface area contributed by atoms with Crippen molar-refractivity contribution in [3.63, 3.8) is 0 Å². The smallest absolute Gasteiger partial charge is 0.254 e. The van der Waals surface area contributed by atoms with Crippen molar-refractivity contribution in [1.29, 1.82) is 0 Å². The van der Waals surface area contributed by atoms with Crippen molar-refractivity contribution in [1.82, 2.24) is 24.8 Å². The summed E-state index contributed by atoms with van der Waals surface area (Å²) in [7, 11) is 0. The number of hydrogen-bond donors (Lipinski definition) is 2. The second-order valence-electron chi connectivity index (χ2n) is 9.18. The average Bonchev–Trinajstić information content (AvgIpc) is 3.28. The number of hydrogen-bond acceptors (Lipinski definition) is 5. The summed E-state index contributed by atoms with van der Waals surface area (Å²) >= 11 is 0. The van der Waals surface area contributed by atoms with Crippen molar-refractivity contribution in [2.45, 2.75) is 46.0 Å². The molecule has 9 heteroatoms. The number of amides is 2. The molecule has 33 heavy (non-hydrogen) atoms. The van der Waals surface area contributed by atoms with Crippen LogP contribution in [0.2, 0.25) is 0 Å². The minimum atomic E-state index is -0.271. The normalized spacial score (nSPS) is 19.2. The first kappa shape index (κ1) is 22.9. The van der Waals surface area contributed by atoms with Crippen LogP contribution in [0, 0.1) is 25.7 Å². The van der Waals surface area contributed by atoms with Crippen LogP contribution in [0.5, 0.6) is 0 Å². The van der Waals surface area contributed by atoms with Gasteiger partial charge in [-0.1, -0.05) is 0 Å². The quantitative estimate of drug-likeness (QED) is 0.709. The number of nitrogens with one attached hydrogen (secondary N) is 2.